The van der Waals surface area contributed by atoms with Gasteiger partial charge in [0.05, 0.1) is 4.90 Å². The third-order valence-electron chi connectivity index (χ3n) is 4.76. The highest BCUT2D eigenvalue weighted by Gasteiger charge is 2.26. The fourth-order valence-corrected chi connectivity index (χ4v) is 4.88. The molecule has 2 fully saturated rings. The van der Waals surface area contributed by atoms with Crippen LogP contribution in [0.1, 0.15) is 32.1 Å². The first kappa shape index (κ1) is 17.4. The van der Waals surface area contributed by atoms with Crippen LogP contribution < -0.4 is 10.6 Å². The molecule has 0 aromatic heterocycles. The van der Waals surface area contributed by atoms with Crippen LogP contribution >= 0.6 is 0 Å². The summed E-state index contributed by atoms with van der Waals surface area (Å²) in [5, 5.41) is 6.11. The van der Waals surface area contributed by atoms with Gasteiger partial charge in [-0.3, -0.25) is 4.79 Å². The molecule has 0 saturated carbocycles. The van der Waals surface area contributed by atoms with Crippen LogP contribution in [0.25, 0.3) is 0 Å². The molecule has 1 aromatic rings. The average Bonchev–Trinajstić information content (AvgIpc) is 2.63. The summed E-state index contributed by atoms with van der Waals surface area (Å²) in [4.78, 5) is 12.6. The van der Waals surface area contributed by atoms with Gasteiger partial charge in [-0.1, -0.05) is 12.5 Å². The van der Waals surface area contributed by atoms with Crippen LogP contribution in [-0.2, 0) is 14.8 Å². The van der Waals surface area contributed by atoms with Gasteiger partial charge in [-0.05, 0) is 57.0 Å². The fraction of sp³-hybridized carbons (Fsp3) is 0.588. The fourth-order valence-electron chi connectivity index (χ4n) is 3.32. The Morgan fingerprint density at radius 1 is 1.12 bits per heavy atom. The van der Waals surface area contributed by atoms with Gasteiger partial charge in [0.15, 0.2) is 0 Å². The summed E-state index contributed by atoms with van der Waals surface area (Å²) in [5.41, 5.74) is 0.552. The van der Waals surface area contributed by atoms with E-state index in [2.05, 4.69) is 10.6 Å². The highest BCUT2D eigenvalue weighted by molar-refractivity contribution is 7.89. The van der Waals surface area contributed by atoms with Crippen molar-refractivity contribution in [3.8, 4) is 0 Å². The van der Waals surface area contributed by atoms with E-state index in [1.165, 1.54) is 0 Å². The van der Waals surface area contributed by atoms with Crippen molar-refractivity contribution >= 4 is 21.6 Å². The standard InChI is InChI=1S/C17H25N3O3S/c21-17(14-7-9-18-10-8-14)19-15-5-4-6-16(13-15)24(22,23)20-11-2-1-3-12-20/h4-6,13-14,18H,1-3,7-12H2,(H,19,21). The Bertz CT molecular complexity index is 678. The van der Waals surface area contributed by atoms with E-state index in [-0.39, 0.29) is 16.7 Å². The number of hydrogen-bond donors (Lipinski definition) is 2. The lowest BCUT2D eigenvalue weighted by Gasteiger charge is -2.26. The minimum Gasteiger partial charge on any atom is -0.326 e. The molecule has 3 rings (SSSR count). The molecule has 2 heterocycles. The van der Waals surface area contributed by atoms with Gasteiger partial charge in [-0.2, -0.15) is 4.31 Å². The highest BCUT2D eigenvalue weighted by Crippen LogP contribution is 2.23. The van der Waals surface area contributed by atoms with Crippen molar-refractivity contribution in [2.75, 3.05) is 31.5 Å². The Morgan fingerprint density at radius 2 is 1.83 bits per heavy atom. The lowest BCUT2D eigenvalue weighted by molar-refractivity contribution is -0.120. The molecular formula is C17H25N3O3S. The molecule has 132 valence electrons. The number of amides is 1. The van der Waals surface area contributed by atoms with E-state index in [1.807, 2.05) is 0 Å². The first-order valence-electron chi connectivity index (χ1n) is 8.69. The first-order chi connectivity index (χ1) is 11.6. The molecule has 0 atom stereocenters. The zero-order chi connectivity index (χ0) is 17.0. The monoisotopic (exact) mass is 351 g/mol. The number of hydrogen-bond acceptors (Lipinski definition) is 4. The second-order valence-electron chi connectivity index (χ2n) is 6.51. The Balaban J connectivity index is 1.72. The molecular weight excluding hydrogens is 326 g/mol. The molecule has 24 heavy (non-hydrogen) atoms. The minimum absolute atomic E-state index is 0.00592. The Kier molecular flexibility index (Phi) is 5.53. The first-order valence-corrected chi connectivity index (χ1v) is 10.1. The summed E-state index contributed by atoms with van der Waals surface area (Å²) in [6.45, 7) is 2.85. The molecule has 2 aliphatic heterocycles. The molecule has 2 saturated heterocycles. The van der Waals surface area contributed by atoms with Gasteiger partial charge in [0.1, 0.15) is 0 Å². The summed E-state index contributed by atoms with van der Waals surface area (Å²) in [5.74, 6) is -0.0300. The third kappa shape index (κ3) is 3.96. The average molecular weight is 351 g/mol. The van der Waals surface area contributed by atoms with Crippen LogP contribution in [0.15, 0.2) is 29.2 Å². The number of piperidine rings is 2. The predicted molar refractivity (Wildman–Crippen MR) is 93.3 cm³/mol. The van der Waals surface area contributed by atoms with E-state index in [0.29, 0.717) is 18.8 Å². The van der Waals surface area contributed by atoms with E-state index < -0.39 is 10.0 Å². The molecule has 0 spiro atoms. The van der Waals surface area contributed by atoms with Gasteiger partial charge in [0.2, 0.25) is 15.9 Å². The van der Waals surface area contributed by atoms with Gasteiger partial charge < -0.3 is 10.6 Å². The number of rotatable bonds is 4. The summed E-state index contributed by atoms with van der Waals surface area (Å²) in [6.07, 6.45) is 4.53. The Hall–Kier alpha value is -1.44. The molecule has 6 nitrogen and oxygen atoms in total. The van der Waals surface area contributed by atoms with E-state index in [4.69, 9.17) is 0 Å². The van der Waals surface area contributed by atoms with E-state index in [9.17, 15) is 13.2 Å². The molecule has 1 amide bonds. The lowest BCUT2D eigenvalue weighted by atomic mass is 9.97. The third-order valence-corrected chi connectivity index (χ3v) is 6.66. The topological polar surface area (TPSA) is 78.5 Å². The molecule has 2 N–H and O–H groups in total. The number of nitrogens with one attached hydrogen (secondary N) is 2. The molecule has 7 heteroatoms. The van der Waals surface area contributed by atoms with Crippen molar-refractivity contribution in [3.63, 3.8) is 0 Å². The normalized spacial score (nSPS) is 20.7. The number of benzene rings is 1. The lowest BCUT2D eigenvalue weighted by Crippen LogP contribution is -2.36. The maximum Gasteiger partial charge on any atom is 0.243 e. The SMILES string of the molecule is O=C(Nc1cccc(S(=O)(=O)N2CCCCC2)c1)C1CCNCC1. The zero-order valence-corrected chi connectivity index (χ0v) is 14.6. The van der Waals surface area contributed by atoms with Crippen molar-refractivity contribution in [3.05, 3.63) is 24.3 Å². The molecule has 0 radical (unpaired) electrons. The molecule has 0 unspecified atom stereocenters. The molecule has 1 aromatic carbocycles. The second-order valence-corrected chi connectivity index (χ2v) is 8.44. The van der Waals surface area contributed by atoms with Gasteiger partial charge in [0, 0.05) is 24.7 Å². The molecule has 0 bridgehead atoms. The van der Waals surface area contributed by atoms with Gasteiger partial charge in [0.25, 0.3) is 0 Å². The quantitative estimate of drug-likeness (QED) is 0.867. The number of carbonyl (C=O) groups is 1. The van der Waals surface area contributed by atoms with Crippen molar-refractivity contribution in [1.29, 1.82) is 0 Å². The van der Waals surface area contributed by atoms with E-state index in [1.54, 1.807) is 28.6 Å². The van der Waals surface area contributed by atoms with E-state index >= 15 is 0 Å². The summed E-state index contributed by atoms with van der Waals surface area (Å²) in [7, 11) is -3.47. The molecule has 2 aliphatic rings. The van der Waals surface area contributed by atoms with Gasteiger partial charge in [-0.25, -0.2) is 8.42 Å². The van der Waals surface area contributed by atoms with Crippen LogP contribution in [-0.4, -0.2) is 44.8 Å². The van der Waals surface area contributed by atoms with Crippen molar-refractivity contribution in [2.24, 2.45) is 5.92 Å². The number of carbonyl (C=O) groups excluding carboxylic acids is 1. The van der Waals surface area contributed by atoms with Crippen LogP contribution in [0.2, 0.25) is 0 Å². The predicted octanol–water partition coefficient (Wildman–Crippen LogP) is 1.80. The van der Waals surface area contributed by atoms with Gasteiger partial charge in [-0.15, -0.1) is 0 Å². The number of anilines is 1. The molecule has 0 aliphatic carbocycles. The Morgan fingerprint density at radius 3 is 2.54 bits per heavy atom. The minimum atomic E-state index is -3.47. The zero-order valence-electron chi connectivity index (χ0n) is 13.8. The second kappa shape index (κ2) is 7.63. The van der Waals surface area contributed by atoms with Crippen LogP contribution in [0.3, 0.4) is 0 Å². The largest absolute Gasteiger partial charge is 0.326 e. The smallest absolute Gasteiger partial charge is 0.243 e. The number of sulfonamides is 1. The van der Waals surface area contributed by atoms with E-state index in [0.717, 1.165) is 45.2 Å². The van der Waals surface area contributed by atoms with Crippen LogP contribution in [0.5, 0.6) is 0 Å². The maximum absolute atomic E-state index is 12.7. The summed E-state index contributed by atoms with van der Waals surface area (Å²) >= 11 is 0. The summed E-state index contributed by atoms with van der Waals surface area (Å²) < 4.78 is 27.0. The van der Waals surface area contributed by atoms with Crippen molar-refractivity contribution in [1.82, 2.24) is 9.62 Å². The van der Waals surface area contributed by atoms with Crippen LogP contribution in [0.4, 0.5) is 5.69 Å². The maximum atomic E-state index is 12.7. The highest BCUT2D eigenvalue weighted by atomic mass is 32.2. The van der Waals surface area contributed by atoms with Gasteiger partial charge >= 0.3 is 0 Å². The van der Waals surface area contributed by atoms with Crippen molar-refractivity contribution in [2.45, 2.75) is 37.0 Å². The van der Waals surface area contributed by atoms with Crippen molar-refractivity contribution < 1.29 is 13.2 Å². The number of nitrogens with zero attached hydrogens (tertiary/aromatic N) is 1. The Labute approximate surface area is 143 Å². The summed E-state index contributed by atoms with van der Waals surface area (Å²) in [6, 6.07) is 6.61. The van der Waals surface area contributed by atoms with Crippen LogP contribution in [0, 0.1) is 5.92 Å².